The number of hydrogen-bond donors (Lipinski definition) is 2. The first-order valence-electron chi connectivity index (χ1n) is 7.43. The Bertz CT molecular complexity index is 489. The van der Waals surface area contributed by atoms with Gasteiger partial charge in [-0.3, -0.25) is 4.79 Å². The van der Waals surface area contributed by atoms with Gasteiger partial charge >= 0.3 is 0 Å². The van der Waals surface area contributed by atoms with E-state index < -0.39 is 0 Å². The van der Waals surface area contributed by atoms with Gasteiger partial charge in [0.05, 0.1) is 0 Å². The van der Waals surface area contributed by atoms with Crippen molar-refractivity contribution >= 4 is 5.91 Å². The van der Waals surface area contributed by atoms with Crippen LogP contribution in [0.3, 0.4) is 0 Å². The number of benzene rings is 1. The predicted octanol–water partition coefficient (Wildman–Crippen LogP) is 2.53. The Morgan fingerprint density at radius 1 is 1.24 bits per heavy atom. The second kappa shape index (κ2) is 10.5. The molecule has 0 spiro atoms. The van der Waals surface area contributed by atoms with Crippen molar-refractivity contribution in [1.29, 1.82) is 5.26 Å². The number of carbonyl (C=O) groups is 1. The molecule has 0 unspecified atom stereocenters. The van der Waals surface area contributed by atoms with Crippen molar-refractivity contribution in [3.05, 3.63) is 47.7 Å². The number of amides is 1. The van der Waals surface area contributed by atoms with E-state index in [1.54, 1.807) is 0 Å². The average Bonchev–Trinajstić information content (AvgIpc) is 2.53. The van der Waals surface area contributed by atoms with E-state index in [-0.39, 0.29) is 11.5 Å². The number of rotatable bonds is 9. The Morgan fingerprint density at radius 2 is 2.00 bits per heavy atom. The smallest absolute Gasteiger partial charge is 0.263 e. The first-order chi connectivity index (χ1) is 10.3. The van der Waals surface area contributed by atoms with Crippen LogP contribution in [0.1, 0.15) is 31.7 Å². The van der Waals surface area contributed by atoms with Gasteiger partial charge in [0.1, 0.15) is 11.6 Å². The highest BCUT2D eigenvalue weighted by molar-refractivity contribution is 5.97. The van der Waals surface area contributed by atoms with Crippen LogP contribution in [0, 0.1) is 11.3 Å². The van der Waals surface area contributed by atoms with Crippen LogP contribution >= 0.6 is 0 Å². The Balaban J connectivity index is 2.20. The number of carbonyl (C=O) groups excluding carboxylic acids is 1. The molecule has 112 valence electrons. The van der Waals surface area contributed by atoms with Gasteiger partial charge in [0.2, 0.25) is 0 Å². The van der Waals surface area contributed by atoms with Crippen LogP contribution in [0.5, 0.6) is 0 Å². The highest BCUT2D eigenvalue weighted by atomic mass is 16.1. The van der Waals surface area contributed by atoms with Gasteiger partial charge < -0.3 is 10.6 Å². The lowest BCUT2D eigenvalue weighted by Crippen LogP contribution is -2.26. The summed E-state index contributed by atoms with van der Waals surface area (Å²) < 4.78 is 0. The maximum atomic E-state index is 11.6. The third-order valence-electron chi connectivity index (χ3n) is 3.03. The molecule has 0 atom stereocenters. The molecule has 0 aliphatic rings. The van der Waals surface area contributed by atoms with Crippen molar-refractivity contribution in [2.75, 3.05) is 13.1 Å². The summed E-state index contributed by atoms with van der Waals surface area (Å²) in [4.78, 5) is 11.6. The molecule has 0 aliphatic heterocycles. The summed E-state index contributed by atoms with van der Waals surface area (Å²) in [5, 5.41) is 14.6. The molecular formula is C17H23N3O. The normalized spacial score (nSPS) is 10.8. The molecule has 4 nitrogen and oxygen atoms in total. The molecule has 0 saturated heterocycles. The van der Waals surface area contributed by atoms with Crippen LogP contribution in [0.2, 0.25) is 0 Å². The van der Waals surface area contributed by atoms with Gasteiger partial charge in [0, 0.05) is 19.3 Å². The minimum Gasteiger partial charge on any atom is -0.390 e. The number of unbranched alkanes of at least 4 members (excludes halogenated alkanes) is 1. The van der Waals surface area contributed by atoms with Crippen molar-refractivity contribution in [2.24, 2.45) is 0 Å². The second-order valence-electron chi connectivity index (χ2n) is 4.82. The molecule has 1 amide bonds. The molecule has 2 N–H and O–H groups in total. The molecule has 0 aliphatic carbocycles. The lowest BCUT2D eigenvalue weighted by Gasteiger charge is -2.04. The average molecular weight is 285 g/mol. The van der Waals surface area contributed by atoms with Gasteiger partial charge in [0.25, 0.3) is 5.91 Å². The fraction of sp³-hybridized carbons (Fsp3) is 0.412. The highest BCUT2D eigenvalue weighted by Crippen LogP contribution is 2.03. The Kier molecular flexibility index (Phi) is 8.39. The topological polar surface area (TPSA) is 64.9 Å². The molecule has 21 heavy (non-hydrogen) atoms. The van der Waals surface area contributed by atoms with Crippen LogP contribution in [-0.2, 0) is 11.2 Å². The van der Waals surface area contributed by atoms with Crippen molar-refractivity contribution < 1.29 is 4.79 Å². The molecule has 0 radical (unpaired) electrons. The molecular weight excluding hydrogens is 262 g/mol. The van der Waals surface area contributed by atoms with Gasteiger partial charge in [-0.25, -0.2) is 0 Å². The molecule has 0 heterocycles. The van der Waals surface area contributed by atoms with Crippen LogP contribution in [-0.4, -0.2) is 19.0 Å². The summed E-state index contributed by atoms with van der Waals surface area (Å²) in [6.07, 6.45) is 5.49. The van der Waals surface area contributed by atoms with E-state index in [2.05, 4.69) is 22.8 Å². The second-order valence-corrected chi connectivity index (χ2v) is 4.82. The first kappa shape index (κ1) is 16.8. The Labute approximate surface area is 126 Å². The number of nitrogens with zero attached hydrogens (tertiary/aromatic N) is 1. The minimum atomic E-state index is -0.309. The zero-order chi connectivity index (χ0) is 15.3. The van der Waals surface area contributed by atoms with Gasteiger partial charge in [-0.2, -0.15) is 5.26 Å². The first-order valence-corrected chi connectivity index (χ1v) is 7.43. The standard InChI is InChI=1S/C17H23N3O/c1-2-11-20-17(21)16(13-18)14-19-12-7-6-10-15-8-4-3-5-9-15/h3-5,8-9,14,19H,2,6-7,10-12H2,1H3,(H,20,21)/b16-14-. The molecule has 1 aromatic rings. The van der Waals surface area contributed by atoms with Crippen molar-refractivity contribution in [3.8, 4) is 6.07 Å². The van der Waals surface area contributed by atoms with E-state index in [1.807, 2.05) is 31.2 Å². The summed E-state index contributed by atoms with van der Waals surface area (Å²) in [6, 6.07) is 12.3. The van der Waals surface area contributed by atoms with Crippen LogP contribution in [0.25, 0.3) is 0 Å². The zero-order valence-corrected chi connectivity index (χ0v) is 12.6. The quantitative estimate of drug-likeness (QED) is 0.416. The molecule has 4 heteroatoms. The van der Waals surface area contributed by atoms with E-state index >= 15 is 0 Å². The number of nitriles is 1. The van der Waals surface area contributed by atoms with Crippen molar-refractivity contribution in [2.45, 2.75) is 32.6 Å². The third kappa shape index (κ3) is 7.17. The summed E-state index contributed by atoms with van der Waals surface area (Å²) >= 11 is 0. The fourth-order valence-corrected chi connectivity index (χ4v) is 1.86. The van der Waals surface area contributed by atoms with Crippen molar-refractivity contribution in [1.82, 2.24) is 10.6 Å². The SMILES string of the molecule is CCCNC(=O)/C(C#N)=C\NCCCCc1ccccc1. The van der Waals surface area contributed by atoms with E-state index in [0.29, 0.717) is 6.54 Å². The molecule has 0 fully saturated rings. The van der Waals surface area contributed by atoms with Crippen LogP contribution in [0.15, 0.2) is 42.1 Å². The van der Waals surface area contributed by atoms with E-state index in [0.717, 1.165) is 32.2 Å². The minimum absolute atomic E-state index is 0.131. The largest absolute Gasteiger partial charge is 0.390 e. The monoisotopic (exact) mass is 285 g/mol. The summed E-state index contributed by atoms with van der Waals surface area (Å²) in [5.41, 5.74) is 1.47. The van der Waals surface area contributed by atoms with Crippen LogP contribution in [0.4, 0.5) is 0 Å². The molecule has 0 aromatic heterocycles. The number of aryl methyl sites for hydroxylation is 1. The molecule has 0 bridgehead atoms. The lowest BCUT2D eigenvalue weighted by molar-refractivity contribution is -0.117. The highest BCUT2D eigenvalue weighted by Gasteiger charge is 2.06. The van der Waals surface area contributed by atoms with Gasteiger partial charge in [-0.15, -0.1) is 0 Å². The Hall–Kier alpha value is -2.28. The van der Waals surface area contributed by atoms with Crippen molar-refractivity contribution in [3.63, 3.8) is 0 Å². The molecule has 1 aromatic carbocycles. The van der Waals surface area contributed by atoms with E-state index in [1.165, 1.54) is 11.8 Å². The maximum Gasteiger partial charge on any atom is 0.263 e. The van der Waals surface area contributed by atoms with Gasteiger partial charge in [-0.1, -0.05) is 37.3 Å². The maximum absolute atomic E-state index is 11.6. The Morgan fingerprint density at radius 3 is 2.67 bits per heavy atom. The van der Waals surface area contributed by atoms with Gasteiger partial charge in [-0.05, 0) is 31.2 Å². The summed E-state index contributed by atoms with van der Waals surface area (Å²) in [6.45, 7) is 3.33. The summed E-state index contributed by atoms with van der Waals surface area (Å²) in [5.74, 6) is -0.309. The third-order valence-corrected chi connectivity index (χ3v) is 3.03. The van der Waals surface area contributed by atoms with Gasteiger partial charge in [0.15, 0.2) is 0 Å². The number of hydrogen-bond acceptors (Lipinski definition) is 3. The van der Waals surface area contributed by atoms with E-state index in [4.69, 9.17) is 5.26 Å². The summed E-state index contributed by atoms with van der Waals surface area (Å²) in [7, 11) is 0. The lowest BCUT2D eigenvalue weighted by atomic mass is 10.1. The molecule has 0 saturated carbocycles. The fourth-order valence-electron chi connectivity index (χ4n) is 1.86. The van der Waals surface area contributed by atoms with Crippen LogP contribution < -0.4 is 10.6 Å². The zero-order valence-electron chi connectivity index (χ0n) is 12.6. The van der Waals surface area contributed by atoms with E-state index in [9.17, 15) is 4.79 Å². The predicted molar refractivity (Wildman–Crippen MR) is 84.4 cm³/mol. The molecule has 1 rings (SSSR count). The number of nitrogens with one attached hydrogen (secondary N) is 2.